The molecule has 3 nitrogen and oxygen atoms in total. The number of carbonyl (C=O) groups is 1. The van der Waals surface area contributed by atoms with E-state index in [0.717, 1.165) is 12.1 Å². The van der Waals surface area contributed by atoms with Gasteiger partial charge in [-0.05, 0) is 35.9 Å². The minimum absolute atomic E-state index is 0.226. The summed E-state index contributed by atoms with van der Waals surface area (Å²) < 4.78 is 32.4. The summed E-state index contributed by atoms with van der Waals surface area (Å²) in [5.74, 6) is -3.06. The molecule has 6 heteroatoms. The maximum Gasteiger partial charge on any atom is 0.328 e. The highest BCUT2D eigenvalue weighted by Crippen LogP contribution is 2.29. The summed E-state index contributed by atoms with van der Waals surface area (Å²) in [5.41, 5.74) is 0.615. The first-order chi connectivity index (χ1) is 9.97. The van der Waals surface area contributed by atoms with Crippen LogP contribution in [0.2, 0.25) is 0 Å². The highest BCUT2D eigenvalue weighted by molar-refractivity contribution is 9.10. The number of aliphatic carboxylic acids is 1. The quantitative estimate of drug-likeness (QED) is 0.815. The van der Waals surface area contributed by atoms with Gasteiger partial charge in [-0.1, -0.05) is 28.1 Å². The van der Waals surface area contributed by atoms with Crippen LogP contribution in [-0.2, 0) is 4.79 Å². The molecule has 0 aliphatic heterocycles. The molecule has 108 valence electrons. The van der Waals surface area contributed by atoms with Crippen LogP contribution in [0.1, 0.15) is 5.56 Å². The zero-order chi connectivity index (χ0) is 15.4. The Balaban J connectivity index is 2.24. The van der Waals surface area contributed by atoms with Gasteiger partial charge in [0.15, 0.2) is 11.6 Å². The van der Waals surface area contributed by atoms with Crippen LogP contribution in [0.25, 0.3) is 6.08 Å². The lowest BCUT2D eigenvalue weighted by molar-refractivity contribution is -0.131. The Morgan fingerprint density at radius 2 is 2.00 bits per heavy atom. The number of benzene rings is 2. The fourth-order valence-electron chi connectivity index (χ4n) is 1.56. The number of hydrogen-bond acceptors (Lipinski definition) is 2. The molecule has 0 aromatic heterocycles. The minimum atomic E-state index is -1.07. The summed E-state index contributed by atoms with van der Waals surface area (Å²) >= 11 is 3.25. The van der Waals surface area contributed by atoms with E-state index in [0.29, 0.717) is 15.8 Å². The van der Waals surface area contributed by atoms with Gasteiger partial charge in [0.2, 0.25) is 5.82 Å². The van der Waals surface area contributed by atoms with Crippen molar-refractivity contribution in [2.75, 3.05) is 0 Å². The molecule has 0 heterocycles. The van der Waals surface area contributed by atoms with Gasteiger partial charge in [0, 0.05) is 10.5 Å². The molecule has 2 aromatic carbocycles. The highest BCUT2D eigenvalue weighted by Gasteiger charge is 2.10. The predicted octanol–water partition coefficient (Wildman–Crippen LogP) is 4.62. The van der Waals surface area contributed by atoms with Gasteiger partial charge in [-0.25, -0.2) is 9.18 Å². The van der Waals surface area contributed by atoms with Crippen molar-refractivity contribution in [3.8, 4) is 11.5 Å². The van der Waals surface area contributed by atoms with E-state index >= 15 is 0 Å². The van der Waals surface area contributed by atoms with Crippen LogP contribution in [0.3, 0.4) is 0 Å². The third-order valence-corrected chi connectivity index (χ3v) is 3.21. The molecular formula is C15H9BrF2O3. The summed E-state index contributed by atoms with van der Waals surface area (Å²) in [6.07, 6.45) is 2.39. The largest absolute Gasteiger partial charge is 0.478 e. The first kappa shape index (κ1) is 15.2. The predicted molar refractivity (Wildman–Crippen MR) is 77.2 cm³/mol. The molecule has 1 N–H and O–H groups in total. The molecule has 0 saturated heterocycles. The molecule has 0 spiro atoms. The van der Waals surface area contributed by atoms with Crippen molar-refractivity contribution in [3.63, 3.8) is 0 Å². The summed E-state index contributed by atoms with van der Waals surface area (Å²) in [4.78, 5) is 10.5. The molecule has 2 aromatic rings. The molecule has 21 heavy (non-hydrogen) atoms. The number of rotatable bonds is 4. The summed E-state index contributed by atoms with van der Waals surface area (Å²) in [5, 5.41) is 8.57. The van der Waals surface area contributed by atoms with Gasteiger partial charge in [-0.3, -0.25) is 0 Å². The van der Waals surface area contributed by atoms with Crippen LogP contribution < -0.4 is 4.74 Å². The van der Waals surface area contributed by atoms with E-state index < -0.39 is 17.6 Å². The Morgan fingerprint density at radius 3 is 2.67 bits per heavy atom. The van der Waals surface area contributed by atoms with Gasteiger partial charge in [-0.2, -0.15) is 4.39 Å². The Bertz CT molecular complexity index is 714. The van der Waals surface area contributed by atoms with Gasteiger partial charge in [0.1, 0.15) is 5.75 Å². The summed E-state index contributed by atoms with van der Waals surface area (Å²) in [7, 11) is 0. The van der Waals surface area contributed by atoms with E-state index in [1.165, 1.54) is 30.3 Å². The van der Waals surface area contributed by atoms with E-state index in [1.54, 1.807) is 6.07 Å². The second-order valence-corrected chi connectivity index (χ2v) is 4.86. The summed E-state index contributed by atoms with van der Waals surface area (Å²) in [6, 6.07) is 8.30. The SMILES string of the molecule is O=C(O)/C=C/c1ccc(Oc2cccc(F)c2F)cc1Br. The Labute approximate surface area is 127 Å². The average Bonchev–Trinajstić information content (AvgIpc) is 2.43. The monoisotopic (exact) mass is 354 g/mol. The zero-order valence-corrected chi connectivity index (χ0v) is 12.1. The van der Waals surface area contributed by atoms with Crippen LogP contribution in [0.15, 0.2) is 46.9 Å². The molecular weight excluding hydrogens is 346 g/mol. The van der Waals surface area contributed by atoms with Crippen molar-refractivity contribution in [2.45, 2.75) is 0 Å². The van der Waals surface area contributed by atoms with E-state index in [4.69, 9.17) is 9.84 Å². The van der Waals surface area contributed by atoms with E-state index in [1.807, 2.05) is 0 Å². The van der Waals surface area contributed by atoms with Crippen molar-refractivity contribution < 1.29 is 23.4 Å². The van der Waals surface area contributed by atoms with Gasteiger partial charge >= 0.3 is 5.97 Å². The maximum atomic E-state index is 13.5. The maximum absolute atomic E-state index is 13.5. The van der Waals surface area contributed by atoms with Crippen LogP contribution in [0.4, 0.5) is 8.78 Å². The molecule has 0 aliphatic rings. The zero-order valence-electron chi connectivity index (χ0n) is 10.5. The normalized spacial score (nSPS) is 10.8. The average molecular weight is 355 g/mol. The third kappa shape index (κ3) is 3.88. The van der Waals surface area contributed by atoms with Gasteiger partial charge < -0.3 is 9.84 Å². The molecule has 2 rings (SSSR count). The molecule has 0 fully saturated rings. The second-order valence-electron chi connectivity index (χ2n) is 4.01. The van der Waals surface area contributed by atoms with Crippen molar-refractivity contribution >= 4 is 28.0 Å². The lowest BCUT2D eigenvalue weighted by Crippen LogP contribution is -1.92. The fourth-order valence-corrected chi connectivity index (χ4v) is 2.05. The van der Waals surface area contributed by atoms with Crippen LogP contribution in [-0.4, -0.2) is 11.1 Å². The van der Waals surface area contributed by atoms with E-state index in [9.17, 15) is 13.6 Å². The number of ether oxygens (including phenoxy) is 1. The molecule has 0 amide bonds. The molecule has 0 radical (unpaired) electrons. The van der Waals surface area contributed by atoms with Crippen molar-refractivity contribution in [3.05, 3.63) is 64.1 Å². The molecule has 0 bridgehead atoms. The van der Waals surface area contributed by atoms with Crippen molar-refractivity contribution in [2.24, 2.45) is 0 Å². The molecule has 0 unspecified atom stereocenters. The standard InChI is InChI=1S/C15H9BrF2O3/c16-11-8-10(6-4-9(11)5-7-14(19)20)21-13-3-1-2-12(17)15(13)18/h1-8H,(H,19,20)/b7-5+. The Morgan fingerprint density at radius 1 is 1.24 bits per heavy atom. The minimum Gasteiger partial charge on any atom is -0.478 e. The Kier molecular flexibility index (Phi) is 4.70. The lowest BCUT2D eigenvalue weighted by atomic mass is 10.2. The van der Waals surface area contributed by atoms with Crippen molar-refractivity contribution in [1.29, 1.82) is 0 Å². The van der Waals surface area contributed by atoms with E-state index in [-0.39, 0.29) is 5.75 Å². The third-order valence-electron chi connectivity index (χ3n) is 2.52. The number of halogens is 3. The first-order valence-corrected chi connectivity index (χ1v) is 6.59. The topological polar surface area (TPSA) is 46.5 Å². The fraction of sp³-hybridized carbons (Fsp3) is 0. The van der Waals surface area contributed by atoms with Gasteiger partial charge in [-0.15, -0.1) is 0 Å². The van der Waals surface area contributed by atoms with Crippen LogP contribution >= 0.6 is 15.9 Å². The molecule has 0 aliphatic carbocycles. The smallest absolute Gasteiger partial charge is 0.328 e. The van der Waals surface area contributed by atoms with Gasteiger partial charge in [0.05, 0.1) is 0 Å². The summed E-state index contributed by atoms with van der Waals surface area (Å²) in [6.45, 7) is 0. The number of carboxylic acids is 1. The lowest BCUT2D eigenvalue weighted by Gasteiger charge is -2.08. The first-order valence-electron chi connectivity index (χ1n) is 5.80. The number of hydrogen-bond donors (Lipinski definition) is 1. The molecule has 0 saturated carbocycles. The van der Waals surface area contributed by atoms with E-state index in [2.05, 4.69) is 15.9 Å². The number of carboxylic acid groups (broad SMARTS) is 1. The van der Waals surface area contributed by atoms with Crippen LogP contribution in [0.5, 0.6) is 11.5 Å². The van der Waals surface area contributed by atoms with Crippen LogP contribution in [0, 0.1) is 11.6 Å². The Hall–Kier alpha value is -2.21. The second kappa shape index (κ2) is 6.49. The molecule has 0 atom stereocenters. The van der Waals surface area contributed by atoms with Gasteiger partial charge in [0.25, 0.3) is 0 Å². The van der Waals surface area contributed by atoms with Crippen molar-refractivity contribution in [1.82, 2.24) is 0 Å². The highest BCUT2D eigenvalue weighted by atomic mass is 79.9.